The van der Waals surface area contributed by atoms with E-state index in [9.17, 15) is 9.18 Å². The van der Waals surface area contributed by atoms with Crippen molar-refractivity contribution in [1.29, 1.82) is 0 Å². The lowest BCUT2D eigenvalue weighted by atomic mass is 9.96. The second-order valence-corrected chi connectivity index (χ2v) is 6.31. The van der Waals surface area contributed by atoms with E-state index in [1.165, 1.54) is 6.07 Å². The molecule has 0 aromatic heterocycles. The molecule has 3 rings (SSSR count). The third kappa shape index (κ3) is 3.27. The number of nitrogens with one attached hydrogen (secondary N) is 2. The number of carbonyl (C=O) groups excluding carboxylic acids is 1. The number of amides is 1. The van der Waals surface area contributed by atoms with Crippen molar-refractivity contribution in [3.8, 4) is 0 Å². The maximum atomic E-state index is 13.3. The topological polar surface area (TPSA) is 41.1 Å². The molecule has 1 heterocycles. The van der Waals surface area contributed by atoms with E-state index in [1.54, 1.807) is 23.9 Å². The van der Waals surface area contributed by atoms with Crippen molar-refractivity contribution < 1.29 is 9.18 Å². The highest BCUT2D eigenvalue weighted by Crippen LogP contribution is 2.47. The van der Waals surface area contributed by atoms with Crippen molar-refractivity contribution in [2.24, 2.45) is 0 Å². The molecule has 2 fully saturated rings. The lowest BCUT2D eigenvalue weighted by Crippen LogP contribution is -2.44. The first-order valence-corrected chi connectivity index (χ1v) is 7.70. The molecule has 2 N–H and O–H groups in total. The Morgan fingerprint density at radius 2 is 2.30 bits per heavy atom. The number of carbonyl (C=O) groups is 1. The molecule has 3 nitrogen and oxygen atoms in total. The Labute approximate surface area is 128 Å². The second kappa shape index (κ2) is 6.33. The molecule has 0 spiro atoms. The standard InChI is InChI=1S/C14H17FN2OS.ClH/c15-11-3-1-2-10(6-11)14(4-5-14)8-16-13(18)12-7-19-9-17-12;/h1-3,6,12,17H,4-5,7-9H2,(H,16,18);1H. The van der Waals surface area contributed by atoms with Crippen molar-refractivity contribution in [2.75, 3.05) is 18.2 Å². The minimum atomic E-state index is -0.205. The second-order valence-electron chi connectivity index (χ2n) is 5.28. The Morgan fingerprint density at radius 1 is 1.50 bits per heavy atom. The normalized spacial score (nSPS) is 22.9. The van der Waals surface area contributed by atoms with Crippen molar-refractivity contribution >= 4 is 30.1 Å². The Bertz CT molecular complexity index is 490. The maximum Gasteiger partial charge on any atom is 0.238 e. The summed E-state index contributed by atoms with van der Waals surface area (Å²) < 4.78 is 13.3. The van der Waals surface area contributed by atoms with E-state index in [0.29, 0.717) is 6.54 Å². The molecule has 1 aromatic rings. The molecule has 20 heavy (non-hydrogen) atoms. The molecule has 0 bridgehead atoms. The molecule has 6 heteroatoms. The van der Waals surface area contributed by atoms with Crippen LogP contribution >= 0.6 is 24.2 Å². The van der Waals surface area contributed by atoms with E-state index >= 15 is 0 Å². The average Bonchev–Trinajstić information content (AvgIpc) is 3.00. The van der Waals surface area contributed by atoms with E-state index in [-0.39, 0.29) is 35.6 Å². The van der Waals surface area contributed by atoms with Gasteiger partial charge in [0.25, 0.3) is 0 Å². The van der Waals surface area contributed by atoms with Gasteiger partial charge in [0.15, 0.2) is 0 Å². The zero-order valence-electron chi connectivity index (χ0n) is 11.0. The Balaban J connectivity index is 0.00000147. The summed E-state index contributed by atoms with van der Waals surface area (Å²) in [6.07, 6.45) is 2.03. The van der Waals surface area contributed by atoms with Crippen LogP contribution in [-0.2, 0) is 10.2 Å². The molecule has 1 amide bonds. The molecule has 1 saturated heterocycles. The molecule has 1 saturated carbocycles. The van der Waals surface area contributed by atoms with Crippen LogP contribution in [0.15, 0.2) is 24.3 Å². The van der Waals surface area contributed by atoms with Gasteiger partial charge in [-0.3, -0.25) is 10.1 Å². The molecule has 0 radical (unpaired) electrons. The van der Waals surface area contributed by atoms with Gasteiger partial charge in [0, 0.05) is 23.6 Å². The molecular formula is C14H18ClFN2OS. The van der Waals surface area contributed by atoms with E-state index in [1.807, 2.05) is 6.07 Å². The molecule has 1 aliphatic heterocycles. The van der Waals surface area contributed by atoms with E-state index in [4.69, 9.17) is 0 Å². The molecular weight excluding hydrogens is 299 g/mol. The Morgan fingerprint density at radius 3 is 2.90 bits per heavy atom. The third-order valence-corrected chi connectivity index (χ3v) is 4.86. The summed E-state index contributed by atoms with van der Waals surface area (Å²) in [7, 11) is 0. The summed E-state index contributed by atoms with van der Waals surface area (Å²) in [4.78, 5) is 12.0. The number of hydrogen-bond acceptors (Lipinski definition) is 3. The smallest absolute Gasteiger partial charge is 0.238 e. The summed E-state index contributed by atoms with van der Waals surface area (Å²) in [6, 6.07) is 6.65. The number of halogens is 2. The van der Waals surface area contributed by atoms with Gasteiger partial charge in [0.05, 0.1) is 6.04 Å². The highest BCUT2D eigenvalue weighted by molar-refractivity contribution is 7.99. The predicted octanol–water partition coefficient (Wildman–Crippen LogP) is 2.06. The van der Waals surface area contributed by atoms with Crippen molar-refractivity contribution in [3.63, 3.8) is 0 Å². The van der Waals surface area contributed by atoms with Crippen LogP contribution in [0.4, 0.5) is 4.39 Å². The van der Waals surface area contributed by atoms with Crippen LogP contribution < -0.4 is 10.6 Å². The maximum absolute atomic E-state index is 13.3. The molecule has 1 aliphatic carbocycles. The summed E-state index contributed by atoms with van der Waals surface area (Å²) >= 11 is 1.74. The van der Waals surface area contributed by atoms with Crippen molar-refractivity contribution in [3.05, 3.63) is 35.6 Å². The monoisotopic (exact) mass is 316 g/mol. The Hall–Kier alpha value is -0.780. The highest BCUT2D eigenvalue weighted by Gasteiger charge is 2.44. The van der Waals surface area contributed by atoms with Crippen LogP contribution in [-0.4, -0.2) is 30.1 Å². The molecule has 110 valence electrons. The lowest BCUT2D eigenvalue weighted by Gasteiger charge is -2.18. The van der Waals surface area contributed by atoms with Gasteiger partial charge in [0.2, 0.25) is 5.91 Å². The first-order valence-electron chi connectivity index (χ1n) is 6.55. The zero-order valence-corrected chi connectivity index (χ0v) is 12.7. The van der Waals surface area contributed by atoms with E-state index < -0.39 is 0 Å². The minimum absolute atomic E-state index is 0. The van der Waals surface area contributed by atoms with Crippen LogP contribution in [0.25, 0.3) is 0 Å². The van der Waals surface area contributed by atoms with Crippen LogP contribution in [0.1, 0.15) is 18.4 Å². The quantitative estimate of drug-likeness (QED) is 0.893. The van der Waals surface area contributed by atoms with Gasteiger partial charge >= 0.3 is 0 Å². The molecule has 2 aliphatic rings. The van der Waals surface area contributed by atoms with Gasteiger partial charge < -0.3 is 5.32 Å². The van der Waals surface area contributed by atoms with Crippen molar-refractivity contribution in [2.45, 2.75) is 24.3 Å². The van der Waals surface area contributed by atoms with Crippen molar-refractivity contribution in [1.82, 2.24) is 10.6 Å². The summed E-state index contributed by atoms with van der Waals surface area (Å²) in [5, 5.41) is 6.16. The van der Waals surface area contributed by atoms with E-state index in [0.717, 1.165) is 30.0 Å². The average molecular weight is 317 g/mol. The van der Waals surface area contributed by atoms with Crippen LogP contribution in [0, 0.1) is 5.82 Å². The molecule has 1 atom stereocenters. The number of hydrogen-bond donors (Lipinski definition) is 2. The van der Waals surface area contributed by atoms with Crippen LogP contribution in [0.5, 0.6) is 0 Å². The summed E-state index contributed by atoms with van der Waals surface area (Å²) in [6.45, 7) is 0.609. The largest absolute Gasteiger partial charge is 0.354 e. The summed E-state index contributed by atoms with van der Waals surface area (Å²) in [5.74, 6) is 1.53. The van der Waals surface area contributed by atoms with Crippen LogP contribution in [0.3, 0.4) is 0 Å². The first kappa shape index (κ1) is 15.6. The van der Waals surface area contributed by atoms with E-state index in [2.05, 4.69) is 10.6 Å². The fraction of sp³-hybridized carbons (Fsp3) is 0.500. The van der Waals surface area contributed by atoms with Gasteiger partial charge in [0.1, 0.15) is 5.82 Å². The predicted molar refractivity (Wildman–Crippen MR) is 81.8 cm³/mol. The number of thioether (sulfide) groups is 1. The molecule has 1 aromatic carbocycles. The number of benzene rings is 1. The first-order chi connectivity index (χ1) is 9.20. The SMILES string of the molecule is Cl.O=C(NCC1(c2cccc(F)c2)CC1)C1CSCN1. The van der Waals surface area contributed by atoms with Gasteiger partial charge in [-0.2, -0.15) is 0 Å². The number of rotatable bonds is 4. The van der Waals surface area contributed by atoms with Gasteiger partial charge in [-0.15, -0.1) is 24.2 Å². The van der Waals surface area contributed by atoms with Crippen LogP contribution in [0.2, 0.25) is 0 Å². The van der Waals surface area contributed by atoms with Gasteiger partial charge in [-0.05, 0) is 30.5 Å². The fourth-order valence-corrected chi connectivity index (χ4v) is 3.42. The summed E-state index contributed by atoms with van der Waals surface area (Å²) in [5.41, 5.74) is 0.963. The minimum Gasteiger partial charge on any atom is -0.354 e. The highest BCUT2D eigenvalue weighted by atomic mass is 35.5. The Kier molecular flexibility index (Phi) is 4.94. The lowest BCUT2D eigenvalue weighted by molar-refractivity contribution is -0.122. The van der Waals surface area contributed by atoms with Gasteiger partial charge in [-0.1, -0.05) is 12.1 Å². The third-order valence-electron chi connectivity index (χ3n) is 3.92. The fourth-order valence-electron chi connectivity index (χ4n) is 2.48. The zero-order chi connectivity index (χ0) is 13.3. The molecule has 1 unspecified atom stereocenters. The van der Waals surface area contributed by atoms with Gasteiger partial charge in [-0.25, -0.2) is 4.39 Å².